The molecule has 1 aromatic carbocycles. The summed E-state index contributed by atoms with van der Waals surface area (Å²) in [5.74, 6) is 0. The zero-order valence-corrected chi connectivity index (χ0v) is 13.3. The van der Waals surface area contributed by atoms with Crippen molar-refractivity contribution in [3.05, 3.63) is 36.3 Å². The third-order valence-corrected chi connectivity index (χ3v) is 5.55. The molecule has 0 amide bonds. The van der Waals surface area contributed by atoms with Gasteiger partial charge in [0.2, 0.25) is 0 Å². The lowest BCUT2D eigenvalue weighted by molar-refractivity contribution is 0.622. The minimum Gasteiger partial charge on any atom is -0.384 e. The van der Waals surface area contributed by atoms with Crippen molar-refractivity contribution >= 4 is 16.5 Å². The standard InChI is InChI=1S/C16H21N3OS/c1-12(21(2)20)7-9-19-11-17-10-15(19)14-5-3-4-13-6-8-18-16(13)14/h3-5,10-12,18H,6-9H2,1-2H3. The van der Waals surface area contributed by atoms with E-state index in [1.807, 2.05) is 19.4 Å². The average molecular weight is 303 g/mol. The second kappa shape index (κ2) is 6.02. The number of nitrogens with zero attached hydrogens (tertiary/aromatic N) is 2. The van der Waals surface area contributed by atoms with Gasteiger partial charge in [0.1, 0.15) is 0 Å². The number of para-hydroxylation sites is 1. The van der Waals surface area contributed by atoms with Gasteiger partial charge in [-0.25, -0.2) is 4.98 Å². The van der Waals surface area contributed by atoms with Gasteiger partial charge in [-0.1, -0.05) is 25.1 Å². The molecule has 2 heterocycles. The summed E-state index contributed by atoms with van der Waals surface area (Å²) in [7, 11) is -0.769. The van der Waals surface area contributed by atoms with E-state index >= 15 is 0 Å². The van der Waals surface area contributed by atoms with Crippen LogP contribution in [0.4, 0.5) is 5.69 Å². The van der Waals surface area contributed by atoms with Crippen molar-refractivity contribution in [2.75, 3.05) is 18.1 Å². The third kappa shape index (κ3) is 2.88. The highest BCUT2D eigenvalue weighted by molar-refractivity contribution is 7.84. The normalized spacial score (nSPS) is 16.3. The number of hydrogen-bond acceptors (Lipinski definition) is 3. The quantitative estimate of drug-likeness (QED) is 0.924. The average Bonchev–Trinajstić information content (AvgIpc) is 3.12. The van der Waals surface area contributed by atoms with E-state index in [0.717, 1.165) is 31.6 Å². The molecule has 1 aliphatic heterocycles. The van der Waals surface area contributed by atoms with Crippen molar-refractivity contribution in [1.82, 2.24) is 9.55 Å². The third-order valence-electron chi connectivity index (χ3n) is 4.18. The molecule has 5 heteroatoms. The van der Waals surface area contributed by atoms with E-state index in [1.165, 1.54) is 16.8 Å². The maximum Gasteiger partial charge on any atom is 0.0950 e. The van der Waals surface area contributed by atoms with Crippen molar-refractivity contribution in [3.8, 4) is 11.3 Å². The summed E-state index contributed by atoms with van der Waals surface area (Å²) in [6.45, 7) is 3.89. The first kappa shape index (κ1) is 14.3. The van der Waals surface area contributed by atoms with E-state index in [9.17, 15) is 4.21 Å². The van der Waals surface area contributed by atoms with Gasteiger partial charge in [0.25, 0.3) is 0 Å². The Labute approximate surface area is 128 Å². The smallest absolute Gasteiger partial charge is 0.0950 e. The highest BCUT2D eigenvalue weighted by Gasteiger charge is 2.17. The first-order chi connectivity index (χ1) is 10.2. The van der Waals surface area contributed by atoms with E-state index in [0.29, 0.717) is 0 Å². The second-order valence-corrected chi connectivity index (χ2v) is 7.39. The molecule has 21 heavy (non-hydrogen) atoms. The number of fused-ring (bicyclic) bond motifs is 1. The number of nitrogens with one attached hydrogen (secondary N) is 1. The van der Waals surface area contributed by atoms with Crippen LogP contribution in [-0.2, 0) is 23.8 Å². The summed E-state index contributed by atoms with van der Waals surface area (Å²) in [5, 5.41) is 3.69. The Kier molecular flexibility index (Phi) is 4.10. The van der Waals surface area contributed by atoms with Crippen LogP contribution in [-0.4, -0.2) is 31.8 Å². The molecule has 1 aromatic heterocycles. The fourth-order valence-electron chi connectivity index (χ4n) is 2.76. The van der Waals surface area contributed by atoms with Gasteiger partial charge in [-0.3, -0.25) is 4.21 Å². The number of benzene rings is 1. The van der Waals surface area contributed by atoms with Crippen LogP contribution < -0.4 is 5.32 Å². The molecule has 0 radical (unpaired) electrons. The van der Waals surface area contributed by atoms with Gasteiger partial charge in [0, 0.05) is 46.6 Å². The van der Waals surface area contributed by atoms with Gasteiger partial charge in [0.15, 0.2) is 0 Å². The molecule has 0 saturated heterocycles. The first-order valence-corrected chi connectivity index (χ1v) is 8.97. The fourth-order valence-corrected chi connectivity index (χ4v) is 3.20. The molecule has 0 aliphatic carbocycles. The summed E-state index contributed by atoms with van der Waals surface area (Å²) in [6, 6.07) is 6.44. The van der Waals surface area contributed by atoms with Crippen molar-refractivity contribution in [3.63, 3.8) is 0 Å². The largest absolute Gasteiger partial charge is 0.384 e. The topological polar surface area (TPSA) is 46.9 Å². The predicted octanol–water partition coefficient (Wildman–Crippen LogP) is 2.68. The number of anilines is 1. The van der Waals surface area contributed by atoms with Crippen LogP contribution in [0, 0.1) is 0 Å². The molecular formula is C16H21N3OS. The molecule has 1 aliphatic rings. The molecule has 1 N–H and O–H groups in total. The van der Waals surface area contributed by atoms with Crippen LogP contribution in [0.1, 0.15) is 18.9 Å². The lowest BCUT2D eigenvalue weighted by Crippen LogP contribution is -2.13. The Morgan fingerprint density at radius 3 is 3.14 bits per heavy atom. The number of rotatable bonds is 5. The molecule has 0 saturated carbocycles. The first-order valence-electron chi connectivity index (χ1n) is 7.35. The van der Waals surface area contributed by atoms with E-state index in [-0.39, 0.29) is 5.25 Å². The van der Waals surface area contributed by atoms with Crippen molar-refractivity contribution in [1.29, 1.82) is 0 Å². The van der Waals surface area contributed by atoms with E-state index in [4.69, 9.17) is 0 Å². The minimum atomic E-state index is -0.769. The SMILES string of the molecule is CC(CCn1cncc1-c1cccc2c1NCC2)S(C)=O. The van der Waals surface area contributed by atoms with Gasteiger partial charge in [-0.2, -0.15) is 0 Å². The maximum atomic E-state index is 11.5. The van der Waals surface area contributed by atoms with Gasteiger partial charge in [-0.15, -0.1) is 0 Å². The Bertz CT molecular complexity index is 665. The zero-order chi connectivity index (χ0) is 14.8. The summed E-state index contributed by atoms with van der Waals surface area (Å²) in [5.41, 5.74) is 4.97. The van der Waals surface area contributed by atoms with E-state index in [2.05, 4.69) is 33.1 Å². The Balaban J connectivity index is 1.86. The second-order valence-electron chi connectivity index (χ2n) is 5.59. The molecule has 2 unspecified atom stereocenters. The summed E-state index contributed by atoms with van der Waals surface area (Å²) in [4.78, 5) is 4.31. The zero-order valence-electron chi connectivity index (χ0n) is 12.5. The highest BCUT2D eigenvalue weighted by Crippen LogP contribution is 2.34. The summed E-state index contributed by atoms with van der Waals surface area (Å²) >= 11 is 0. The number of aryl methyl sites for hydroxylation is 1. The molecule has 2 aromatic rings. The van der Waals surface area contributed by atoms with Crippen molar-refractivity contribution in [2.24, 2.45) is 0 Å². The van der Waals surface area contributed by atoms with Gasteiger partial charge in [-0.05, 0) is 18.4 Å². The Hall–Kier alpha value is -1.62. The van der Waals surface area contributed by atoms with Crippen LogP contribution >= 0.6 is 0 Å². The molecule has 0 fully saturated rings. The van der Waals surface area contributed by atoms with Crippen LogP contribution in [0.5, 0.6) is 0 Å². The lowest BCUT2D eigenvalue weighted by Gasteiger charge is -2.14. The van der Waals surface area contributed by atoms with E-state index in [1.54, 1.807) is 6.26 Å². The minimum absolute atomic E-state index is 0.208. The Morgan fingerprint density at radius 1 is 1.48 bits per heavy atom. The number of aromatic nitrogens is 2. The van der Waals surface area contributed by atoms with E-state index < -0.39 is 10.8 Å². The van der Waals surface area contributed by atoms with Gasteiger partial charge >= 0.3 is 0 Å². The predicted molar refractivity (Wildman–Crippen MR) is 88.0 cm³/mol. The van der Waals surface area contributed by atoms with Gasteiger partial charge in [0.05, 0.1) is 18.2 Å². The monoisotopic (exact) mass is 303 g/mol. The molecule has 0 spiro atoms. The molecule has 112 valence electrons. The summed E-state index contributed by atoms with van der Waals surface area (Å²) < 4.78 is 13.7. The molecular weight excluding hydrogens is 282 g/mol. The molecule has 0 bridgehead atoms. The summed E-state index contributed by atoms with van der Waals surface area (Å²) in [6.07, 6.45) is 7.55. The molecule has 3 rings (SSSR count). The number of hydrogen-bond donors (Lipinski definition) is 1. The van der Waals surface area contributed by atoms with Crippen molar-refractivity contribution < 1.29 is 4.21 Å². The lowest BCUT2D eigenvalue weighted by atomic mass is 10.1. The van der Waals surface area contributed by atoms with Gasteiger partial charge < -0.3 is 9.88 Å². The highest BCUT2D eigenvalue weighted by atomic mass is 32.2. The maximum absolute atomic E-state index is 11.5. The molecule has 2 atom stereocenters. The van der Waals surface area contributed by atoms with Crippen LogP contribution in [0.25, 0.3) is 11.3 Å². The molecule has 4 nitrogen and oxygen atoms in total. The fraction of sp³-hybridized carbons (Fsp3) is 0.438. The van der Waals surface area contributed by atoms with Crippen LogP contribution in [0.3, 0.4) is 0 Å². The van der Waals surface area contributed by atoms with Crippen LogP contribution in [0.2, 0.25) is 0 Å². The van der Waals surface area contributed by atoms with Crippen molar-refractivity contribution in [2.45, 2.75) is 31.6 Å². The van der Waals surface area contributed by atoms with Crippen LogP contribution in [0.15, 0.2) is 30.7 Å². The number of imidazole rings is 1. The Morgan fingerprint density at radius 2 is 2.33 bits per heavy atom.